The minimum atomic E-state index is -0.301. The molecular weight excluding hydrogens is 521 g/mol. The molecule has 4 aromatic rings. The van der Waals surface area contributed by atoms with Gasteiger partial charge in [-0.25, -0.2) is 10.0 Å². The first-order valence-electron chi connectivity index (χ1n) is 9.80. The second kappa shape index (κ2) is 8.50. The van der Waals surface area contributed by atoms with Crippen LogP contribution in [0.25, 0.3) is 11.5 Å². The molecule has 8 nitrogen and oxygen atoms in total. The van der Waals surface area contributed by atoms with Crippen molar-refractivity contribution in [2.24, 2.45) is 4.99 Å². The first-order chi connectivity index (χ1) is 15.7. The SMILES string of the molecule is COc1cccc(C2=Nc3c(-c4ccco4)n[nH]c3C(I)N2NC(=O)c2ccccc2)c1. The van der Waals surface area contributed by atoms with E-state index < -0.39 is 0 Å². The molecular formula is C23H18IN5O3. The molecule has 1 unspecified atom stereocenters. The van der Waals surface area contributed by atoms with Gasteiger partial charge in [0.05, 0.1) is 19.1 Å². The fourth-order valence-electron chi connectivity index (χ4n) is 3.45. The summed E-state index contributed by atoms with van der Waals surface area (Å²) in [6, 6.07) is 20.2. The number of rotatable bonds is 5. The summed E-state index contributed by atoms with van der Waals surface area (Å²) in [7, 11) is 1.61. The molecule has 0 aliphatic carbocycles. The molecule has 1 aliphatic heterocycles. The van der Waals surface area contributed by atoms with Crippen molar-refractivity contribution in [3.05, 3.63) is 89.8 Å². The minimum absolute atomic E-state index is 0.239. The van der Waals surface area contributed by atoms with Crippen LogP contribution in [0, 0.1) is 0 Å². The lowest BCUT2D eigenvalue weighted by molar-refractivity contribution is 0.0864. The number of ether oxygens (including phenoxy) is 1. The maximum Gasteiger partial charge on any atom is 0.269 e. The van der Waals surface area contributed by atoms with Crippen LogP contribution in [0.15, 0.2) is 82.4 Å². The van der Waals surface area contributed by atoms with Gasteiger partial charge in [-0.1, -0.05) is 30.3 Å². The zero-order chi connectivity index (χ0) is 22.1. The maximum atomic E-state index is 13.0. The number of hydrogen-bond acceptors (Lipinski definition) is 6. The molecule has 0 fully saturated rings. The molecule has 0 bridgehead atoms. The van der Waals surface area contributed by atoms with Gasteiger partial charge in [0, 0.05) is 11.1 Å². The van der Waals surface area contributed by atoms with E-state index in [1.54, 1.807) is 36.6 Å². The fraction of sp³-hybridized carbons (Fsp3) is 0.0870. The van der Waals surface area contributed by atoms with Crippen LogP contribution in [0.5, 0.6) is 5.75 Å². The molecule has 9 heteroatoms. The van der Waals surface area contributed by atoms with Crippen LogP contribution in [0.3, 0.4) is 0 Å². The first kappa shape index (κ1) is 20.3. The van der Waals surface area contributed by atoms with E-state index in [4.69, 9.17) is 14.1 Å². The van der Waals surface area contributed by atoms with E-state index in [1.807, 2.05) is 48.5 Å². The summed E-state index contributed by atoms with van der Waals surface area (Å²) in [4.78, 5) is 17.9. The summed E-state index contributed by atoms with van der Waals surface area (Å²) in [5.74, 6) is 1.63. The third kappa shape index (κ3) is 3.64. The summed E-state index contributed by atoms with van der Waals surface area (Å²) in [6.07, 6.45) is 1.60. The molecule has 1 aliphatic rings. The number of carbonyl (C=O) groups excluding carboxylic acids is 1. The van der Waals surface area contributed by atoms with Gasteiger partial charge in [-0.2, -0.15) is 5.10 Å². The molecule has 1 amide bonds. The number of nitrogens with zero attached hydrogens (tertiary/aromatic N) is 3. The van der Waals surface area contributed by atoms with Gasteiger partial charge in [-0.05, 0) is 59.0 Å². The number of hydrazine groups is 1. The van der Waals surface area contributed by atoms with Crippen LogP contribution in [0.2, 0.25) is 0 Å². The van der Waals surface area contributed by atoms with E-state index in [9.17, 15) is 4.79 Å². The lowest BCUT2D eigenvalue weighted by Crippen LogP contribution is -2.48. The van der Waals surface area contributed by atoms with Crippen LogP contribution >= 0.6 is 22.6 Å². The van der Waals surface area contributed by atoms with Crippen molar-refractivity contribution in [3.63, 3.8) is 0 Å². The van der Waals surface area contributed by atoms with Gasteiger partial charge in [-0.3, -0.25) is 15.3 Å². The van der Waals surface area contributed by atoms with Gasteiger partial charge < -0.3 is 9.15 Å². The van der Waals surface area contributed by atoms with Gasteiger partial charge in [0.1, 0.15) is 15.5 Å². The third-order valence-electron chi connectivity index (χ3n) is 5.02. The van der Waals surface area contributed by atoms with E-state index in [-0.39, 0.29) is 9.96 Å². The quantitative estimate of drug-likeness (QED) is 0.215. The molecule has 0 saturated heterocycles. The van der Waals surface area contributed by atoms with Crippen molar-refractivity contribution in [1.29, 1.82) is 0 Å². The molecule has 1 atom stereocenters. The second-order valence-electron chi connectivity index (χ2n) is 6.99. The van der Waals surface area contributed by atoms with E-state index in [0.29, 0.717) is 34.3 Å². The number of aliphatic imine (C=N–C) groups is 1. The highest BCUT2D eigenvalue weighted by atomic mass is 127. The van der Waals surface area contributed by atoms with E-state index >= 15 is 0 Å². The molecule has 0 spiro atoms. The van der Waals surface area contributed by atoms with Crippen molar-refractivity contribution in [2.45, 2.75) is 4.05 Å². The number of carbonyl (C=O) groups is 1. The molecule has 2 aromatic heterocycles. The van der Waals surface area contributed by atoms with Crippen LogP contribution < -0.4 is 10.2 Å². The number of amidine groups is 1. The number of aromatic amines is 1. The van der Waals surface area contributed by atoms with E-state index in [2.05, 4.69) is 38.2 Å². The summed E-state index contributed by atoms with van der Waals surface area (Å²) in [5, 5.41) is 9.22. The standard InChI is InChI=1S/C23H18IN5O3/c1-31-16-10-5-9-15(13-16)22-25-19-18(17-11-6-12-32-17)26-27-20(19)21(24)29(22)28-23(30)14-7-3-2-4-8-14/h2-13,21H,1H3,(H,26,27)(H,28,30). The first-order valence-corrected chi connectivity index (χ1v) is 11.0. The van der Waals surface area contributed by atoms with Crippen LogP contribution in [-0.2, 0) is 0 Å². The molecule has 160 valence electrons. The molecule has 2 aromatic carbocycles. The van der Waals surface area contributed by atoms with Crippen molar-refractivity contribution in [2.75, 3.05) is 7.11 Å². The zero-order valence-electron chi connectivity index (χ0n) is 16.9. The highest BCUT2D eigenvalue weighted by Crippen LogP contribution is 2.43. The Morgan fingerprint density at radius 3 is 2.75 bits per heavy atom. The summed E-state index contributed by atoms with van der Waals surface area (Å²) in [5.41, 5.74) is 6.38. The van der Waals surface area contributed by atoms with Gasteiger partial charge in [0.15, 0.2) is 17.3 Å². The second-order valence-corrected chi connectivity index (χ2v) is 8.17. The van der Waals surface area contributed by atoms with Crippen molar-refractivity contribution in [3.8, 4) is 17.2 Å². The summed E-state index contributed by atoms with van der Waals surface area (Å²) < 4.78 is 10.6. The Hall–Kier alpha value is -3.60. The number of aromatic nitrogens is 2. The number of nitrogens with one attached hydrogen (secondary N) is 2. The largest absolute Gasteiger partial charge is 0.497 e. The number of furan rings is 1. The average Bonchev–Trinajstić information content (AvgIpc) is 3.51. The highest BCUT2D eigenvalue weighted by molar-refractivity contribution is 14.1. The average molecular weight is 539 g/mol. The predicted octanol–water partition coefficient (Wildman–Crippen LogP) is 4.85. The zero-order valence-corrected chi connectivity index (χ0v) is 19.1. The van der Waals surface area contributed by atoms with E-state index in [1.165, 1.54) is 0 Å². The van der Waals surface area contributed by atoms with E-state index in [0.717, 1.165) is 11.3 Å². The minimum Gasteiger partial charge on any atom is -0.497 e. The molecule has 32 heavy (non-hydrogen) atoms. The topological polar surface area (TPSA) is 95.8 Å². The normalized spacial score (nSPS) is 15.1. The number of hydrogen-bond donors (Lipinski definition) is 2. The smallest absolute Gasteiger partial charge is 0.269 e. The Bertz CT molecular complexity index is 1280. The van der Waals surface area contributed by atoms with Crippen LogP contribution in [-0.4, -0.2) is 34.1 Å². The maximum absolute atomic E-state index is 13.0. The van der Waals surface area contributed by atoms with Crippen molar-refractivity contribution < 1.29 is 13.9 Å². The van der Waals surface area contributed by atoms with Gasteiger partial charge in [0.25, 0.3) is 5.91 Å². The summed E-state index contributed by atoms with van der Waals surface area (Å²) >= 11 is 2.25. The Morgan fingerprint density at radius 2 is 2.00 bits per heavy atom. The van der Waals surface area contributed by atoms with Crippen LogP contribution in [0.1, 0.15) is 25.7 Å². The molecule has 2 N–H and O–H groups in total. The number of fused-ring (bicyclic) bond motifs is 1. The van der Waals surface area contributed by atoms with Gasteiger partial charge >= 0.3 is 0 Å². The number of halogens is 1. The number of alkyl halides is 1. The Labute approximate surface area is 197 Å². The monoisotopic (exact) mass is 539 g/mol. The number of benzene rings is 2. The van der Waals surface area contributed by atoms with Gasteiger partial charge in [0.2, 0.25) is 0 Å². The van der Waals surface area contributed by atoms with Gasteiger partial charge in [-0.15, -0.1) is 0 Å². The van der Waals surface area contributed by atoms with Crippen molar-refractivity contribution >= 4 is 40.0 Å². The van der Waals surface area contributed by atoms with Crippen molar-refractivity contribution in [1.82, 2.24) is 20.6 Å². The molecule has 0 saturated carbocycles. The highest BCUT2D eigenvalue weighted by Gasteiger charge is 2.35. The number of methoxy groups -OCH3 is 1. The predicted molar refractivity (Wildman–Crippen MR) is 128 cm³/mol. The molecule has 3 heterocycles. The Morgan fingerprint density at radius 1 is 1.16 bits per heavy atom. The third-order valence-corrected chi connectivity index (χ3v) is 6.20. The lowest BCUT2D eigenvalue weighted by Gasteiger charge is -2.33. The Kier molecular flexibility index (Phi) is 5.39. The molecule has 0 radical (unpaired) electrons. The molecule has 5 rings (SSSR count). The fourth-order valence-corrected chi connectivity index (χ4v) is 4.29. The van der Waals surface area contributed by atoms with Crippen LogP contribution in [0.4, 0.5) is 5.69 Å². The number of amides is 1. The summed E-state index contributed by atoms with van der Waals surface area (Å²) in [6.45, 7) is 0. The number of H-pyrrole nitrogens is 1. The Balaban J connectivity index is 1.61. The lowest BCUT2D eigenvalue weighted by atomic mass is 10.1.